The summed E-state index contributed by atoms with van der Waals surface area (Å²) in [6.45, 7) is 3.53. The van der Waals surface area contributed by atoms with Crippen molar-refractivity contribution >= 4 is 5.97 Å². The van der Waals surface area contributed by atoms with Gasteiger partial charge < -0.3 is 14.7 Å². The molecule has 1 heterocycles. The second-order valence-corrected chi connectivity index (χ2v) is 4.87. The minimum Gasteiger partial charge on any atom is -0.492 e. The minimum atomic E-state index is -0.907. The lowest BCUT2D eigenvalue weighted by atomic mass is 10.1. The summed E-state index contributed by atoms with van der Waals surface area (Å²) in [6.07, 6.45) is 2.35. The summed E-state index contributed by atoms with van der Waals surface area (Å²) in [5.74, 6) is -0.269. The summed E-state index contributed by atoms with van der Waals surface area (Å²) >= 11 is 0. The summed E-state index contributed by atoms with van der Waals surface area (Å²) in [5, 5.41) is 9.05. The molecule has 1 N–H and O–H groups in total. The fraction of sp³-hybridized carbons (Fsp3) is 0.500. The van der Waals surface area contributed by atoms with Crippen molar-refractivity contribution in [2.45, 2.75) is 25.8 Å². The van der Waals surface area contributed by atoms with Crippen LogP contribution in [0.2, 0.25) is 0 Å². The number of hydrogen-bond acceptors (Lipinski definition) is 3. The Bertz CT molecular complexity index is 445. The molecule has 98 valence electrons. The molecule has 0 spiro atoms. The molecule has 0 aromatic heterocycles. The van der Waals surface area contributed by atoms with Gasteiger partial charge in [-0.15, -0.1) is 0 Å². The number of carboxylic acids is 1. The standard InChI is InChI=1S/C14H19NO3/c1-10-5-6-12(8-13(10)14(16)17)18-9-11-4-3-7-15(11)2/h5-6,8,11H,3-4,7,9H2,1-2H3,(H,16,17)/t11-/m0/s1. The van der Waals surface area contributed by atoms with Crippen LogP contribution < -0.4 is 4.74 Å². The van der Waals surface area contributed by atoms with Gasteiger partial charge in [-0.1, -0.05) is 6.07 Å². The summed E-state index contributed by atoms with van der Waals surface area (Å²) < 4.78 is 5.70. The van der Waals surface area contributed by atoms with Gasteiger partial charge in [0.2, 0.25) is 0 Å². The van der Waals surface area contributed by atoms with E-state index in [1.807, 2.05) is 6.07 Å². The number of likely N-dealkylation sites (N-methyl/N-ethyl adjacent to an activating group) is 1. The van der Waals surface area contributed by atoms with E-state index < -0.39 is 5.97 Å². The summed E-state index contributed by atoms with van der Waals surface area (Å²) in [7, 11) is 2.10. The van der Waals surface area contributed by atoms with Crippen LogP contribution in [0.15, 0.2) is 18.2 Å². The third-order valence-corrected chi connectivity index (χ3v) is 3.55. The summed E-state index contributed by atoms with van der Waals surface area (Å²) in [5.41, 5.74) is 1.07. The van der Waals surface area contributed by atoms with E-state index in [2.05, 4.69) is 11.9 Å². The molecule has 4 heteroatoms. The van der Waals surface area contributed by atoms with Gasteiger partial charge in [-0.05, 0) is 51.1 Å². The maximum atomic E-state index is 11.0. The predicted molar refractivity (Wildman–Crippen MR) is 69.3 cm³/mol. The van der Waals surface area contributed by atoms with Crippen molar-refractivity contribution in [3.8, 4) is 5.75 Å². The molecular formula is C14H19NO3. The fourth-order valence-corrected chi connectivity index (χ4v) is 2.30. The SMILES string of the molecule is Cc1ccc(OC[C@@H]2CCCN2C)cc1C(=O)O. The molecule has 1 atom stereocenters. The third-order valence-electron chi connectivity index (χ3n) is 3.55. The Labute approximate surface area is 107 Å². The molecule has 0 aliphatic carbocycles. The molecule has 0 amide bonds. The van der Waals surface area contributed by atoms with Crippen molar-refractivity contribution in [2.24, 2.45) is 0 Å². The molecule has 1 aliphatic heterocycles. The molecule has 0 bridgehead atoms. The average Bonchev–Trinajstić information content (AvgIpc) is 2.73. The first-order valence-electron chi connectivity index (χ1n) is 6.25. The highest BCUT2D eigenvalue weighted by Crippen LogP contribution is 2.20. The molecule has 4 nitrogen and oxygen atoms in total. The Hall–Kier alpha value is -1.55. The third kappa shape index (κ3) is 2.82. The van der Waals surface area contributed by atoms with Crippen LogP contribution in [-0.4, -0.2) is 42.2 Å². The lowest BCUT2D eigenvalue weighted by Crippen LogP contribution is -2.30. The topological polar surface area (TPSA) is 49.8 Å². The first-order valence-corrected chi connectivity index (χ1v) is 6.25. The number of rotatable bonds is 4. The van der Waals surface area contributed by atoms with E-state index in [1.54, 1.807) is 19.1 Å². The molecule has 0 saturated carbocycles. The van der Waals surface area contributed by atoms with E-state index in [0.29, 0.717) is 24.0 Å². The lowest BCUT2D eigenvalue weighted by molar-refractivity contribution is 0.0695. The van der Waals surface area contributed by atoms with Gasteiger partial charge in [-0.3, -0.25) is 0 Å². The number of nitrogens with zero attached hydrogens (tertiary/aromatic N) is 1. The van der Waals surface area contributed by atoms with Gasteiger partial charge in [-0.25, -0.2) is 4.79 Å². The highest BCUT2D eigenvalue weighted by molar-refractivity contribution is 5.89. The van der Waals surface area contributed by atoms with Crippen LogP contribution in [0, 0.1) is 6.92 Å². The number of likely N-dealkylation sites (tertiary alicyclic amines) is 1. The average molecular weight is 249 g/mol. The van der Waals surface area contributed by atoms with Crippen LogP contribution in [0.1, 0.15) is 28.8 Å². The zero-order chi connectivity index (χ0) is 13.1. The zero-order valence-electron chi connectivity index (χ0n) is 10.8. The van der Waals surface area contributed by atoms with Crippen LogP contribution in [0.4, 0.5) is 0 Å². The first kappa shape index (κ1) is 12.9. The number of aryl methyl sites for hydroxylation is 1. The molecule has 1 fully saturated rings. The Kier molecular flexibility index (Phi) is 3.87. The van der Waals surface area contributed by atoms with E-state index in [4.69, 9.17) is 9.84 Å². The van der Waals surface area contributed by atoms with Crippen LogP contribution in [0.25, 0.3) is 0 Å². The number of aromatic carboxylic acids is 1. The van der Waals surface area contributed by atoms with Gasteiger partial charge in [-0.2, -0.15) is 0 Å². The quantitative estimate of drug-likeness (QED) is 0.888. The van der Waals surface area contributed by atoms with E-state index >= 15 is 0 Å². The molecule has 1 aromatic rings. The number of carbonyl (C=O) groups is 1. The predicted octanol–water partition coefficient (Wildman–Crippen LogP) is 2.17. The first-order chi connectivity index (χ1) is 8.58. The molecule has 0 radical (unpaired) electrons. The second-order valence-electron chi connectivity index (χ2n) is 4.87. The second kappa shape index (κ2) is 5.40. The van der Waals surface area contributed by atoms with Crippen molar-refractivity contribution in [3.05, 3.63) is 29.3 Å². The van der Waals surface area contributed by atoms with Crippen molar-refractivity contribution in [3.63, 3.8) is 0 Å². The maximum absolute atomic E-state index is 11.0. The highest BCUT2D eigenvalue weighted by Gasteiger charge is 2.21. The molecule has 1 aromatic carbocycles. The molecule has 18 heavy (non-hydrogen) atoms. The van der Waals surface area contributed by atoms with Crippen LogP contribution in [0.3, 0.4) is 0 Å². The Morgan fingerprint density at radius 1 is 1.56 bits per heavy atom. The molecule has 1 saturated heterocycles. The van der Waals surface area contributed by atoms with E-state index in [9.17, 15) is 4.79 Å². The largest absolute Gasteiger partial charge is 0.492 e. The van der Waals surface area contributed by atoms with Gasteiger partial charge >= 0.3 is 5.97 Å². The van der Waals surface area contributed by atoms with Crippen molar-refractivity contribution in [1.82, 2.24) is 4.90 Å². The number of hydrogen-bond donors (Lipinski definition) is 1. The van der Waals surface area contributed by atoms with E-state index in [0.717, 1.165) is 18.5 Å². The number of benzene rings is 1. The van der Waals surface area contributed by atoms with E-state index in [-0.39, 0.29) is 0 Å². The van der Waals surface area contributed by atoms with Gasteiger partial charge in [0.15, 0.2) is 0 Å². The normalized spacial score (nSPS) is 20.0. The zero-order valence-corrected chi connectivity index (χ0v) is 10.8. The van der Waals surface area contributed by atoms with Gasteiger partial charge in [0.25, 0.3) is 0 Å². The van der Waals surface area contributed by atoms with Gasteiger partial charge in [0.05, 0.1) is 5.56 Å². The van der Waals surface area contributed by atoms with Crippen LogP contribution in [-0.2, 0) is 0 Å². The lowest BCUT2D eigenvalue weighted by Gasteiger charge is -2.19. The smallest absolute Gasteiger partial charge is 0.336 e. The monoisotopic (exact) mass is 249 g/mol. The summed E-state index contributed by atoms with van der Waals surface area (Å²) in [4.78, 5) is 13.3. The molecule has 0 unspecified atom stereocenters. The number of carboxylic acid groups (broad SMARTS) is 1. The van der Waals surface area contributed by atoms with Crippen molar-refractivity contribution < 1.29 is 14.6 Å². The van der Waals surface area contributed by atoms with E-state index in [1.165, 1.54) is 6.42 Å². The van der Waals surface area contributed by atoms with Crippen molar-refractivity contribution in [1.29, 1.82) is 0 Å². The Morgan fingerprint density at radius 3 is 2.94 bits per heavy atom. The van der Waals surface area contributed by atoms with Crippen LogP contribution in [0.5, 0.6) is 5.75 Å². The highest BCUT2D eigenvalue weighted by atomic mass is 16.5. The Morgan fingerprint density at radius 2 is 2.33 bits per heavy atom. The fourth-order valence-electron chi connectivity index (χ4n) is 2.30. The molecular weight excluding hydrogens is 230 g/mol. The van der Waals surface area contributed by atoms with Gasteiger partial charge in [0, 0.05) is 6.04 Å². The van der Waals surface area contributed by atoms with Crippen molar-refractivity contribution in [2.75, 3.05) is 20.2 Å². The van der Waals surface area contributed by atoms with Gasteiger partial charge in [0.1, 0.15) is 12.4 Å². The molecule has 1 aliphatic rings. The summed E-state index contributed by atoms with van der Waals surface area (Å²) in [6, 6.07) is 5.67. The number of ether oxygens (including phenoxy) is 1. The molecule has 2 rings (SSSR count). The minimum absolute atomic E-state index is 0.312. The maximum Gasteiger partial charge on any atom is 0.336 e. The van der Waals surface area contributed by atoms with Crippen LogP contribution >= 0.6 is 0 Å². The Balaban J connectivity index is 2.01.